The number of aryl methyl sites for hydroxylation is 2. The molecule has 118 valence electrons. The van der Waals surface area contributed by atoms with E-state index < -0.39 is 11.0 Å². The lowest BCUT2D eigenvalue weighted by atomic mass is 10.0. The van der Waals surface area contributed by atoms with Crippen LogP contribution in [-0.4, -0.2) is 16.8 Å². The summed E-state index contributed by atoms with van der Waals surface area (Å²) in [6.07, 6.45) is 2.52. The molecule has 2 aromatic carbocycles. The number of ketones is 1. The van der Waals surface area contributed by atoms with Crippen molar-refractivity contribution in [2.45, 2.75) is 32.3 Å². The molecule has 0 amide bonds. The summed E-state index contributed by atoms with van der Waals surface area (Å²) >= 11 is 0. The molecule has 0 radical (unpaired) electrons. The number of non-ortho nitro benzene ring substituents is 1. The van der Waals surface area contributed by atoms with Crippen LogP contribution < -0.4 is 4.74 Å². The molecule has 5 heteroatoms. The molecule has 23 heavy (non-hydrogen) atoms. The normalized spacial score (nSPS) is 14.1. The fraction of sp³-hybridized carbons (Fsp3) is 0.278. The summed E-state index contributed by atoms with van der Waals surface area (Å²) in [5.41, 5.74) is 3.12. The number of carbonyl (C=O) groups is 1. The van der Waals surface area contributed by atoms with Gasteiger partial charge in [-0.2, -0.15) is 0 Å². The molecular formula is C18H17NO4. The summed E-state index contributed by atoms with van der Waals surface area (Å²) in [7, 11) is 0. The minimum Gasteiger partial charge on any atom is -0.482 e. The van der Waals surface area contributed by atoms with Crippen LogP contribution in [0.25, 0.3) is 0 Å². The van der Waals surface area contributed by atoms with Gasteiger partial charge in [0.15, 0.2) is 6.10 Å². The van der Waals surface area contributed by atoms with Crippen LogP contribution >= 0.6 is 0 Å². The molecule has 5 nitrogen and oxygen atoms in total. The number of ether oxygens (including phenoxy) is 1. The van der Waals surface area contributed by atoms with Gasteiger partial charge in [-0.25, -0.2) is 0 Å². The van der Waals surface area contributed by atoms with E-state index in [1.165, 1.54) is 23.3 Å². The number of benzene rings is 2. The van der Waals surface area contributed by atoms with E-state index in [2.05, 4.69) is 0 Å². The van der Waals surface area contributed by atoms with Crippen molar-refractivity contribution in [1.29, 1.82) is 0 Å². The second kappa shape index (κ2) is 6.20. The Morgan fingerprint density at radius 2 is 1.96 bits per heavy atom. The molecule has 0 saturated heterocycles. The summed E-state index contributed by atoms with van der Waals surface area (Å²) in [6, 6.07) is 11.7. The van der Waals surface area contributed by atoms with Crippen LogP contribution in [0.2, 0.25) is 0 Å². The Bertz CT molecular complexity index is 769. The van der Waals surface area contributed by atoms with E-state index in [-0.39, 0.29) is 11.5 Å². The highest BCUT2D eigenvalue weighted by Gasteiger charge is 2.20. The number of Topliss-reactive ketones (excluding diaryl/α,β-unsaturated/α-hetero) is 1. The van der Waals surface area contributed by atoms with E-state index in [1.807, 2.05) is 18.2 Å². The first kappa shape index (κ1) is 15.2. The fourth-order valence-electron chi connectivity index (χ4n) is 2.89. The highest BCUT2D eigenvalue weighted by molar-refractivity contribution is 5.99. The Kier molecular flexibility index (Phi) is 4.10. The van der Waals surface area contributed by atoms with Gasteiger partial charge in [0.05, 0.1) is 11.0 Å². The third-order valence-corrected chi connectivity index (χ3v) is 4.09. The van der Waals surface area contributed by atoms with Crippen LogP contribution in [0.15, 0.2) is 42.5 Å². The van der Waals surface area contributed by atoms with Crippen molar-refractivity contribution in [3.63, 3.8) is 0 Å². The van der Waals surface area contributed by atoms with E-state index in [0.717, 1.165) is 19.3 Å². The Morgan fingerprint density at radius 3 is 2.74 bits per heavy atom. The van der Waals surface area contributed by atoms with Gasteiger partial charge in [-0.1, -0.05) is 18.2 Å². The average Bonchev–Trinajstić information content (AvgIpc) is 3.01. The minimum absolute atomic E-state index is 0.0559. The van der Waals surface area contributed by atoms with E-state index in [0.29, 0.717) is 11.3 Å². The summed E-state index contributed by atoms with van der Waals surface area (Å²) < 4.78 is 5.59. The van der Waals surface area contributed by atoms with Gasteiger partial charge in [0.2, 0.25) is 5.78 Å². The van der Waals surface area contributed by atoms with Crippen molar-refractivity contribution in [3.8, 4) is 5.75 Å². The molecule has 1 aliphatic rings. The van der Waals surface area contributed by atoms with Gasteiger partial charge in [-0.05, 0) is 49.4 Å². The number of hydrogen-bond acceptors (Lipinski definition) is 4. The zero-order valence-electron chi connectivity index (χ0n) is 12.8. The van der Waals surface area contributed by atoms with Crippen LogP contribution in [0.1, 0.15) is 34.8 Å². The van der Waals surface area contributed by atoms with E-state index >= 15 is 0 Å². The van der Waals surface area contributed by atoms with Crippen molar-refractivity contribution in [1.82, 2.24) is 0 Å². The predicted molar refractivity (Wildman–Crippen MR) is 86.0 cm³/mol. The molecular weight excluding hydrogens is 294 g/mol. The van der Waals surface area contributed by atoms with Gasteiger partial charge in [0.25, 0.3) is 5.69 Å². The summed E-state index contributed by atoms with van der Waals surface area (Å²) in [5.74, 6) is 0.201. The zero-order chi connectivity index (χ0) is 16.4. The van der Waals surface area contributed by atoms with Crippen LogP contribution in [0.3, 0.4) is 0 Å². The van der Waals surface area contributed by atoms with Crippen LogP contribution in [0.5, 0.6) is 5.75 Å². The first-order valence-corrected chi connectivity index (χ1v) is 7.62. The molecule has 0 spiro atoms. The van der Waals surface area contributed by atoms with Crippen molar-refractivity contribution >= 4 is 11.5 Å². The van der Waals surface area contributed by atoms with Crippen molar-refractivity contribution in [3.05, 3.63) is 69.3 Å². The predicted octanol–water partition coefficient (Wildman–Crippen LogP) is 3.73. The van der Waals surface area contributed by atoms with Gasteiger partial charge >= 0.3 is 0 Å². The maximum atomic E-state index is 12.5. The number of nitro benzene ring substituents is 1. The molecule has 0 aromatic heterocycles. The number of nitro groups is 1. The summed E-state index contributed by atoms with van der Waals surface area (Å²) in [6.45, 7) is 1.66. The van der Waals surface area contributed by atoms with E-state index in [1.54, 1.807) is 19.1 Å². The Hall–Kier alpha value is -2.69. The van der Waals surface area contributed by atoms with Crippen molar-refractivity contribution in [2.24, 2.45) is 0 Å². The number of rotatable bonds is 5. The molecule has 0 unspecified atom stereocenters. The maximum absolute atomic E-state index is 12.5. The zero-order valence-corrected chi connectivity index (χ0v) is 12.8. The molecule has 1 atom stereocenters. The average molecular weight is 311 g/mol. The minimum atomic E-state index is -0.698. The van der Waals surface area contributed by atoms with Gasteiger partial charge in [0, 0.05) is 11.6 Å². The molecule has 2 aromatic rings. The Balaban J connectivity index is 1.75. The van der Waals surface area contributed by atoms with Gasteiger partial charge in [-0.15, -0.1) is 0 Å². The number of carbonyl (C=O) groups excluding carboxylic acids is 1. The quantitative estimate of drug-likeness (QED) is 0.479. The van der Waals surface area contributed by atoms with Crippen molar-refractivity contribution < 1.29 is 14.5 Å². The highest BCUT2D eigenvalue weighted by Crippen LogP contribution is 2.25. The second-order valence-electron chi connectivity index (χ2n) is 5.72. The number of nitrogens with zero attached hydrogens (tertiary/aromatic N) is 1. The maximum Gasteiger partial charge on any atom is 0.273 e. The molecule has 3 rings (SSSR count). The van der Waals surface area contributed by atoms with Gasteiger partial charge in [-0.3, -0.25) is 14.9 Å². The molecule has 0 N–H and O–H groups in total. The number of hydrogen-bond donors (Lipinski definition) is 0. The molecule has 0 fully saturated rings. The number of fused-ring (bicyclic) bond motifs is 1. The molecule has 0 heterocycles. The van der Waals surface area contributed by atoms with E-state index in [9.17, 15) is 14.9 Å². The monoisotopic (exact) mass is 311 g/mol. The summed E-state index contributed by atoms with van der Waals surface area (Å²) in [5, 5.41) is 10.8. The molecule has 0 aliphatic heterocycles. The van der Waals surface area contributed by atoms with Crippen LogP contribution in [0.4, 0.5) is 5.69 Å². The smallest absolute Gasteiger partial charge is 0.273 e. The summed E-state index contributed by atoms with van der Waals surface area (Å²) in [4.78, 5) is 22.8. The van der Waals surface area contributed by atoms with Crippen LogP contribution in [-0.2, 0) is 12.8 Å². The molecule has 0 bridgehead atoms. The van der Waals surface area contributed by atoms with Gasteiger partial charge < -0.3 is 4.74 Å². The Morgan fingerprint density at radius 1 is 1.17 bits per heavy atom. The fourth-order valence-corrected chi connectivity index (χ4v) is 2.89. The first-order chi connectivity index (χ1) is 11.0. The molecule has 0 saturated carbocycles. The highest BCUT2D eigenvalue weighted by atomic mass is 16.6. The SMILES string of the molecule is C[C@H](Oc1cccc([N+](=O)[O-])c1)C(=O)c1ccc2c(c1)CCC2. The lowest BCUT2D eigenvalue weighted by Crippen LogP contribution is -2.24. The van der Waals surface area contributed by atoms with Crippen molar-refractivity contribution in [2.75, 3.05) is 0 Å². The largest absolute Gasteiger partial charge is 0.482 e. The second-order valence-corrected chi connectivity index (χ2v) is 5.72. The molecule has 1 aliphatic carbocycles. The van der Waals surface area contributed by atoms with Crippen LogP contribution in [0, 0.1) is 10.1 Å². The van der Waals surface area contributed by atoms with E-state index in [4.69, 9.17) is 4.74 Å². The third-order valence-electron chi connectivity index (χ3n) is 4.09. The standard InChI is InChI=1S/C18H17NO4/c1-12(23-17-7-3-6-16(11-17)19(21)22)18(20)15-9-8-13-4-2-5-14(13)10-15/h3,6-12H,2,4-5H2,1H3/t12-/m0/s1. The first-order valence-electron chi connectivity index (χ1n) is 7.62. The lowest BCUT2D eigenvalue weighted by molar-refractivity contribution is -0.384. The lowest BCUT2D eigenvalue weighted by Gasteiger charge is -2.14. The third kappa shape index (κ3) is 3.23. The van der Waals surface area contributed by atoms with Gasteiger partial charge in [0.1, 0.15) is 5.75 Å². The topological polar surface area (TPSA) is 69.4 Å². The Labute approximate surface area is 134 Å².